The van der Waals surface area contributed by atoms with Crippen molar-refractivity contribution >= 4 is 16.8 Å². The lowest BCUT2D eigenvalue weighted by Crippen LogP contribution is -2.35. The Kier molecular flexibility index (Phi) is 4.39. The molecule has 1 amide bonds. The fourth-order valence-electron chi connectivity index (χ4n) is 2.06. The van der Waals surface area contributed by atoms with E-state index in [1.54, 1.807) is 0 Å². The summed E-state index contributed by atoms with van der Waals surface area (Å²) in [6, 6.07) is 5.80. The average Bonchev–Trinajstić information content (AvgIpc) is 2.86. The predicted molar refractivity (Wildman–Crippen MR) is 78.6 cm³/mol. The van der Waals surface area contributed by atoms with Crippen LogP contribution in [0.1, 0.15) is 36.3 Å². The number of hydrogen-bond donors (Lipinski definition) is 3. The van der Waals surface area contributed by atoms with Gasteiger partial charge in [0.25, 0.3) is 5.91 Å². The van der Waals surface area contributed by atoms with Gasteiger partial charge in [-0.2, -0.15) is 5.10 Å². The molecule has 1 aromatic carbocycles. The minimum Gasteiger partial charge on any atom is -0.391 e. The van der Waals surface area contributed by atoms with Gasteiger partial charge in [0.2, 0.25) is 0 Å². The maximum atomic E-state index is 12.1. The van der Waals surface area contributed by atoms with Crippen LogP contribution in [0, 0.1) is 12.8 Å². The molecule has 0 bridgehead atoms. The SMILES string of the molecule is CCC(C)C(O)CNC(=O)c1n[nH]c2ccc(C)cc12. The predicted octanol–water partition coefficient (Wildman–Crippen LogP) is 2.01. The second-order valence-electron chi connectivity index (χ2n) is 5.28. The van der Waals surface area contributed by atoms with E-state index < -0.39 is 6.10 Å². The van der Waals surface area contributed by atoms with Crippen molar-refractivity contribution in [2.24, 2.45) is 5.92 Å². The maximum absolute atomic E-state index is 12.1. The number of nitrogens with zero attached hydrogens (tertiary/aromatic N) is 1. The zero-order valence-corrected chi connectivity index (χ0v) is 12.1. The molecule has 2 unspecified atom stereocenters. The Morgan fingerprint density at radius 2 is 2.25 bits per heavy atom. The van der Waals surface area contributed by atoms with E-state index in [0.717, 1.165) is 22.9 Å². The lowest BCUT2D eigenvalue weighted by molar-refractivity contribution is 0.0847. The van der Waals surface area contributed by atoms with E-state index >= 15 is 0 Å². The molecule has 2 atom stereocenters. The molecule has 1 heterocycles. The quantitative estimate of drug-likeness (QED) is 0.781. The van der Waals surface area contributed by atoms with Crippen LogP contribution >= 0.6 is 0 Å². The van der Waals surface area contributed by atoms with E-state index in [0.29, 0.717) is 5.69 Å². The van der Waals surface area contributed by atoms with Crippen molar-refractivity contribution in [2.45, 2.75) is 33.3 Å². The van der Waals surface area contributed by atoms with Crippen molar-refractivity contribution in [2.75, 3.05) is 6.54 Å². The van der Waals surface area contributed by atoms with Gasteiger partial charge in [-0.25, -0.2) is 0 Å². The topological polar surface area (TPSA) is 78.0 Å². The van der Waals surface area contributed by atoms with Crippen LogP contribution < -0.4 is 5.32 Å². The van der Waals surface area contributed by atoms with Crippen LogP contribution in [-0.2, 0) is 0 Å². The number of amides is 1. The molecule has 1 aromatic heterocycles. The third kappa shape index (κ3) is 2.99. The van der Waals surface area contributed by atoms with Gasteiger partial charge in [-0.3, -0.25) is 9.89 Å². The highest BCUT2D eigenvalue weighted by molar-refractivity contribution is 6.04. The van der Waals surface area contributed by atoms with Crippen LogP contribution in [0.15, 0.2) is 18.2 Å². The molecule has 0 fully saturated rings. The van der Waals surface area contributed by atoms with Crippen molar-refractivity contribution in [3.05, 3.63) is 29.5 Å². The van der Waals surface area contributed by atoms with Gasteiger partial charge in [-0.05, 0) is 25.0 Å². The zero-order valence-electron chi connectivity index (χ0n) is 12.1. The molecule has 108 valence electrons. The molecule has 0 aliphatic rings. The first-order valence-corrected chi connectivity index (χ1v) is 6.94. The summed E-state index contributed by atoms with van der Waals surface area (Å²) in [4.78, 5) is 12.1. The summed E-state index contributed by atoms with van der Waals surface area (Å²) >= 11 is 0. The highest BCUT2D eigenvalue weighted by Gasteiger charge is 2.17. The molecular formula is C15H21N3O2. The lowest BCUT2D eigenvalue weighted by Gasteiger charge is -2.17. The van der Waals surface area contributed by atoms with E-state index in [9.17, 15) is 9.90 Å². The van der Waals surface area contributed by atoms with Crippen LogP contribution in [0.2, 0.25) is 0 Å². The molecule has 20 heavy (non-hydrogen) atoms. The highest BCUT2D eigenvalue weighted by atomic mass is 16.3. The number of fused-ring (bicyclic) bond motifs is 1. The van der Waals surface area contributed by atoms with Gasteiger partial charge in [0.15, 0.2) is 5.69 Å². The molecule has 0 saturated carbocycles. The standard InChI is InChI=1S/C15H21N3O2/c1-4-10(3)13(19)8-16-15(20)14-11-7-9(2)5-6-12(11)17-18-14/h5-7,10,13,19H,4,8H2,1-3H3,(H,16,20)(H,17,18). The van der Waals surface area contributed by atoms with E-state index in [-0.39, 0.29) is 18.4 Å². The molecule has 0 spiro atoms. The number of H-pyrrole nitrogens is 1. The molecule has 2 rings (SSSR count). The first kappa shape index (κ1) is 14.5. The van der Waals surface area contributed by atoms with Crippen LogP contribution in [0.5, 0.6) is 0 Å². The summed E-state index contributed by atoms with van der Waals surface area (Å²) in [5, 5.41) is 20.3. The zero-order chi connectivity index (χ0) is 14.7. The van der Waals surface area contributed by atoms with Gasteiger partial charge in [-0.15, -0.1) is 0 Å². The summed E-state index contributed by atoms with van der Waals surface area (Å²) in [6.45, 7) is 6.19. The average molecular weight is 275 g/mol. The van der Waals surface area contributed by atoms with Crippen LogP contribution in [-0.4, -0.2) is 33.9 Å². The third-order valence-corrected chi connectivity index (χ3v) is 3.71. The molecule has 0 aliphatic heterocycles. The van der Waals surface area contributed by atoms with E-state index in [2.05, 4.69) is 15.5 Å². The maximum Gasteiger partial charge on any atom is 0.272 e. The van der Waals surface area contributed by atoms with Crippen molar-refractivity contribution in [3.63, 3.8) is 0 Å². The van der Waals surface area contributed by atoms with Crippen LogP contribution in [0.4, 0.5) is 0 Å². The fraction of sp³-hybridized carbons (Fsp3) is 0.467. The first-order chi connectivity index (χ1) is 9.52. The Morgan fingerprint density at radius 1 is 1.50 bits per heavy atom. The van der Waals surface area contributed by atoms with Gasteiger partial charge in [0.1, 0.15) is 0 Å². The molecular weight excluding hydrogens is 254 g/mol. The first-order valence-electron chi connectivity index (χ1n) is 6.94. The van der Waals surface area contributed by atoms with Crippen LogP contribution in [0.3, 0.4) is 0 Å². The van der Waals surface area contributed by atoms with Gasteiger partial charge in [0.05, 0.1) is 11.6 Å². The number of hydrogen-bond acceptors (Lipinski definition) is 3. The Bertz CT molecular complexity index is 606. The number of aliphatic hydroxyl groups is 1. The van der Waals surface area contributed by atoms with E-state index in [4.69, 9.17) is 0 Å². The molecule has 0 aliphatic carbocycles. The number of aliphatic hydroxyl groups excluding tert-OH is 1. The van der Waals surface area contributed by atoms with Crippen molar-refractivity contribution in [1.82, 2.24) is 15.5 Å². The Hall–Kier alpha value is -1.88. The molecule has 2 aromatic rings. The molecule has 0 saturated heterocycles. The number of carbonyl (C=O) groups excluding carboxylic acids is 1. The Balaban J connectivity index is 2.10. The van der Waals surface area contributed by atoms with Gasteiger partial charge in [0, 0.05) is 11.9 Å². The largest absolute Gasteiger partial charge is 0.391 e. The fourth-order valence-corrected chi connectivity index (χ4v) is 2.06. The summed E-state index contributed by atoms with van der Waals surface area (Å²) in [7, 11) is 0. The Morgan fingerprint density at radius 3 is 2.95 bits per heavy atom. The van der Waals surface area contributed by atoms with Crippen molar-refractivity contribution in [3.8, 4) is 0 Å². The summed E-state index contributed by atoms with van der Waals surface area (Å²) in [5.74, 6) is -0.0994. The minimum atomic E-state index is -0.532. The van der Waals surface area contributed by atoms with E-state index in [1.165, 1.54) is 0 Å². The van der Waals surface area contributed by atoms with Gasteiger partial charge in [-0.1, -0.05) is 31.9 Å². The number of aryl methyl sites for hydroxylation is 1. The number of carbonyl (C=O) groups is 1. The third-order valence-electron chi connectivity index (χ3n) is 3.71. The number of rotatable bonds is 5. The smallest absolute Gasteiger partial charge is 0.272 e. The molecule has 5 heteroatoms. The van der Waals surface area contributed by atoms with Crippen molar-refractivity contribution in [1.29, 1.82) is 0 Å². The van der Waals surface area contributed by atoms with Crippen molar-refractivity contribution < 1.29 is 9.90 Å². The minimum absolute atomic E-state index is 0.161. The normalized spacial score (nSPS) is 14.2. The highest BCUT2D eigenvalue weighted by Crippen LogP contribution is 2.17. The number of nitrogens with one attached hydrogen (secondary N) is 2. The number of aromatic amines is 1. The summed E-state index contributed by atoms with van der Waals surface area (Å²) < 4.78 is 0. The number of aromatic nitrogens is 2. The van der Waals surface area contributed by atoms with Gasteiger partial charge >= 0.3 is 0 Å². The number of benzene rings is 1. The second kappa shape index (κ2) is 6.05. The summed E-state index contributed by atoms with van der Waals surface area (Å²) in [5.41, 5.74) is 2.29. The summed E-state index contributed by atoms with van der Waals surface area (Å²) in [6.07, 6.45) is 0.345. The molecule has 3 N–H and O–H groups in total. The lowest BCUT2D eigenvalue weighted by atomic mass is 10.0. The van der Waals surface area contributed by atoms with E-state index in [1.807, 2.05) is 39.0 Å². The van der Waals surface area contributed by atoms with Crippen LogP contribution in [0.25, 0.3) is 10.9 Å². The monoisotopic (exact) mass is 275 g/mol. The Labute approximate surface area is 118 Å². The molecule has 0 radical (unpaired) electrons. The van der Waals surface area contributed by atoms with Gasteiger partial charge < -0.3 is 10.4 Å². The second-order valence-corrected chi connectivity index (χ2v) is 5.28. The molecule has 5 nitrogen and oxygen atoms in total.